The number of carbonyl (C=O) groups excluding carboxylic acids is 2. The summed E-state index contributed by atoms with van der Waals surface area (Å²) in [5, 5.41) is 6.16. The first-order valence-electron chi connectivity index (χ1n) is 11.3. The molecule has 0 radical (unpaired) electrons. The maximum Gasteiger partial charge on any atom is 0.255 e. The van der Waals surface area contributed by atoms with Crippen molar-refractivity contribution in [3.05, 3.63) is 94.0 Å². The van der Waals surface area contributed by atoms with Crippen LogP contribution in [0.2, 0.25) is 0 Å². The van der Waals surface area contributed by atoms with E-state index in [1.807, 2.05) is 36.4 Å². The Morgan fingerprint density at radius 1 is 0.618 bits per heavy atom. The van der Waals surface area contributed by atoms with Gasteiger partial charge in [-0.25, -0.2) is 0 Å². The lowest BCUT2D eigenvalue weighted by Gasteiger charge is -2.23. The minimum atomic E-state index is -0.245. The Morgan fingerprint density at radius 3 is 1.21 bits per heavy atom. The summed E-state index contributed by atoms with van der Waals surface area (Å²) in [7, 11) is 0. The van der Waals surface area contributed by atoms with Crippen LogP contribution in [-0.2, 0) is 11.8 Å². The van der Waals surface area contributed by atoms with Crippen LogP contribution in [0.5, 0.6) is 0 Å². The van der Waals surface area contributed by atoms with Crippen LogP contribution in [0, 0.1) is 0 Å². The molecule has 0 unspecified atom stereocenters. The molecule has 0 aliphatic heterocycles. The third-order valence-electron chi connectivity index (χ3n) is 5.73. The number of rotatable bonds is 8. The van der Waals surface area contributed by atoms with Gasteiger partial charge in [0.2, 0.25) is 0 Å². The normalized spacial score (nSPS) is 11.1. The van der Waals surface area contributed by atoms with E-state index in [9.17, 15) is 9.59 Å². The smallest absolute Gasteiger partial charge is 0.255 e. The van der Waals surface area contributed by atoms with Crippen LogP contribution in [0.3, 0.4) is 0 Å². The van der Waals surface area contributed by atoms with Gasteiger partial charge in [0.05, 0.1) is 11.4 Å². The van der Waals surface area contributed by atoms with Gasteiger partial charge in [-0.05, 0) is 58.4 Å². The average molecular weight is 497 g/mol. The number of carbonyl (C=O) groups is 2. The van der Waals surface area contributed by atoms with Crippen LogP contribution in [0.25, 0.3) is 0 Å². The van der Waals surface area contributed by atoms with Gasteiger partial charge in [0.15, 0.2) is 0 Å². The third-order valence-corrected chi connectivity index (χ3v) is 6.35. The number of amides is 2. The number of hydrogen-bond acceptors (Lipinski definition) is 2. The molecule has 0 saturated carbocycles. The van der Waals surface area contributed by atoms with E-state index in [1.54, 1.807) is 24.3 Å². The summed E-state index contributed by atoms with van der Waals surface area (Å²) >= 11 is 11.8. The topological polar surface area (TPSA) is 58.2 Å². The molecule has 34 heavy (non-hydrogen) atoms. The minimum absolute atomic E-state index is 0.133. The van der Waals surface area contributed by atoms with Crippen molar-refractivity contribution < 1.29 is 9.59 Å². The number of alkyl halides is 2. The molecule has 0 aliphatic rings. The van der Waals surface area contributed by atoms with Crippen molar-refractivity contribution in [2.24, 2.45) is 0 Å². The van der Waals surface area contributed by atoms with Crippen LogP contribution in [0.15, 0.2) is 60.7 Å². The average Bonchev–Trinajstić information content (AvgIpc) is 2.84. The zero-order valence-electron chi connectivity index (χ0n) is 19.9. The quantitative estimate of drug-likeness (QED) is 0.311. The first kappa shape index (κ1) is 25.8. The molecule has 6 heteroatoms. The molecule has 0 bridgehead atoms. The van der Waals surface area contributed by atoms with Crippen molar-refractivity contribution in [1.29, 1.82) is 0 Å². The first-order valence-corrected chi connectivity index (χ1v) is 12.4. The van der Waals surface area contributed by atoms with Crippen molar-refractivity contribution in [2.45, 2.75) is 51.3 Å². The summed E-state index contributed by atoms with van der Waals surface area (Å²) in [6.07, 6.45) is 0. The summed E-state index contributed by atoms with van der Waals surface area (Å²) in [6, 6.07) is 18.4. The number of halogens is 2. The summed E-state index contributed by atoms with van der Waals surface area (Å²) in [5.74, 6) is 0.551. The lowest BCUT2D eigenvalue weighted by atomic mass is 9.92. The number of anilines is 2. The van der Waals surface area contributed by atoms with E-state index >= 15 is 0 Å². The molecule has 0 saturated heterocycles. The van der Waals surface area contributed by atoms with Gasteiger partial charge in [0, 0.05) is 22.9 Å². The van der Waals surface area contributed by atoms with Gasteiger partial charge in [-0.1, -0.05) is 64.1 Å². The van der Waals surface area contributed by atoms with Crippen LogP contribution in [0.1, 0.15) is 82.5 Å². The molecule has 0 aromatic heterocycles. The minimum Gasteiger partial charge on any atom is -0.320 e. The van der Waals surface area contributed by atoms with Crippen LogP contribution in [0.4, 0.5) is 11.4 Å². The van der Waals surface area contributed by atoms with Crippen LogP contribution < -0.4 is 10.6 Å². The molecule has 2 amide bonds. The second-order valence-electron chi connectivity index (χ2n) is 8.87. The highest BCUT2D eigenvalue weighted by molar-refractivity contribution is 6.17. The van der Waals surface area contributed by atoms with Crippen molar-refractivity contribution >= 4 is 46.4 Å². The second kappa shape index (κ2) is 11.5. The summed E-state index contributed by atoms with van der Waals surface area (Å²) in [4.78, 5) is 26.4. The Hall–Kier alpha value is -2.82. The Kier molecular flexibility index (Phi) is 8.76. The van der Waals surface area contributed by atoms with Crippen LogP contribution >= 0.6 is 23.2 Å². The van der Waals surface area contributed by atoms with Crippen molar-refractivity contribution in [3.8, 4) is 0 Å². The molecule has 3 aromatic rings. The predicted octanol–water partition coefficient (Wildman–Crippen LogP) is 7.92. The molecule has 178 valence electrons. The zero-order valence-corrected chi connectivity index (χ0v) is 21.4. The largest absolute Gasteiger partial charge is 0.320 e. The Morgan fingerprint density at radius 2 is 0.941 bits per heavy atom. The van der Waals surface area contributed by atoms with Crippen molar-refractivity contribution in [3.63, 3.8) is 0 Å². The van der Waals surface area contributed by atoms with Crippen molar-refractivity contribution in [1.82, 2.24) is 0 Å². The molecule has 0 atom stereocenters. The highest BCUT2D eigenvalue weighted by atomic mass is 35.5. The number of benzene rings is 3. The van der Waals surface area contributed by atoms with E-state index in [-0.39, 0.29) is 23.7 Å². The van der Waals surface area contributed by atoms with Gasteiger partial charge in [-0.2, -0.15) is 0 Å². The van der Waals surface area contributed by atoms with E-state index in [0.29, 0.717) is 34.3 Å². The van der Waals surface area contributed by atoms with Crippen molar-refractivity contribution in [2.75, 3.05) is 10.6 Å². The van der Waals surface area contributed by atoms with Gasteiger partial charge >= 0.3 is 0 Å². The molecule has 0 heterocycles. The highest BCUT2D eigenvalue weighted by Gasteiger charge is 2.22. The molecule has 0 spiro atoms. The maximum absolute atomic E-state index is 13.2. The fraction of sp³-hybridized carbons (Fsp3) is 0.286. The van der Waals surface area contributed by atoms with Gasteiger partial charge in [-0.3, -0.25) is 9.59 Å². The van der Waals surface area contributed by atoms with E-state index in [1.165, 1.54) is 0 Å². The molecule has 2 N–H and O–H groups in total. The predicted molar refractivity (Wildman–Crippen MR) is 143 cm³/mol. The zero-order chi connectivity index (χ0) is 24.8. The van der Waals surface area contributed by atoms with Gasteiger partial charge in [-0.15, -0.1) is 23.2 Å². The first-order chi connectivity index (χ1) is 16.2. The Balaban J connectivity index is 2.03. The van der Waals surface area contributed by atoms with E-state index in [0.717, 1.165) is 22.3 Å². The molecule has 4 nitrogen and oxygen atoms in total. The van der Waals surface area contributed by atoms with E-state index < -0.39 is 0 Å². The molecule has 3 rings (SSSR count). The monoisotopic (exact) mass is 496 g/mol. The highest BCUT2D eigenvalue weighted by Crippen LogP contribution is 2.38. The third kappa shape index (κ3) is 5.99. The van der Waals surface area contributed by atoms with Gasteiger partial charge in [0.25, 0.3) is 11.8 Å². The lowest BCUT2D eigenvalue weighted by molar-refractivity contribution is 0.101. The fourth-order valence-corrected chi connectivity index (χ4v) is 4.08. The van der Waals surface area contributed by atoms with E-state index in [4.69, 9.17) is 23.2 Å². The maximum atomic E-state index is 13.2. The fourth-order valence-electron chi connectivity index (χ4n) is 3.73. The molecular formula is C28H30Cl2N2O2. The number of hydrogen-bond donors (Lipinski definition) is 2. The lowest BCUT2D eigenvalue weighted by Crippen LogP contribution is -2.20. The Labute approximate surface area is 211 Å². The van der Waals surface area contributed by atoms with Gasteiger partial charge in [0.1, 0.15) is 0 Å². The molecule has 0 fully saturated rings. The standard InChI is InChI=1S/C28H30Cl2N2O2/c1-17(2)23-13-14-24(18(3)4)26(32-28(34)22-11-7-20(16-30)8-12-22)25(23)31-27(33)21-9-5-19(15-29)6-10-21/h5-14,17-18H,15-16H2,1-4H3,(H,31,33)(H,32,34). The second-order valence-corrected chi connectivity index (χ2v) is 9.41. The summed E-state index contributed by atoms with van der Waals surface area (Å²) in [6.45, 7) is 8.25. The number of nitrogens with one attached hydrogen (secondary N) is 2. The molecule has 0 aliphatic carbocycles. The van der Waals surface area contributed by atoms with Gasteiger partial charge < -0.3 is 10.6 Å². The van der Waals surface area contributed by atoms with E-state index in [2.05, 4.69) is 38.3 Å². The summed E-state index contributed by atoms with van der Waals surface area (Å²) < 4.78 is 0. The SMILES string of the molecule is CC(C)c1ccc(C(C)C)c(NC(=O)c2ccc(CCl)cc2)c1NC(=O)c1ccc(CCl)cc1. The summed E-state index contributed by atoms with van der Waals surface area (Å²) in [5.41, 5.74) is 6.06. The molecule has 3 aromatic carbocycles. The van der Waals surface area contributed by atoms with Crippen LogP contribution in [-0.4, -0.2) is 11.8 Å². The Bertz CT molecular complexity index is 1060. The molecular weight excluding hydrogens is 467 g/mol.